The lowest BCUT2D eigenvalue weighted by Crippen LogP contribution is -2.47. The summed E-state index contributed by atoms with van der Waals surface area (Å²) in [5.41, 5.74) is 1.40. The number of nitrogens with zero attached hydrogens (tertiary/aromatic N) is 1. The summed E-state index contributed by atoms with van der Waals surface area (Å²) in [4.78, 5) is 14.3. The summed E-state index contributed by atoms with van der Waals surface area (Å²) in [7, 11) is 0. The van der Waals surface area contributed by atoms with Crippen molar-refractivity contribution in [3.8, 4) is 0 Å². The second-order valence-corrected chi connectivity index (χ2v) is 7.29. The van der Waals surface area contributed by atoms with E-state index in [4.69, 9.17) is 4.42 Å². The van der Waals surface area contributed by atoms with Crippen molar-refractivity contribution in [2.24, 2.45) is 5.92 Å². The van der Waals surface area contributed by atoms with Gasteiger partial charge in [-0.1, -0.05) is 36.8 Å². The minimum Gasteiger partial charge on any atom is -0.459 e. The SMILES string of the molecule is O=C(c1ccco1)N1CCC(NC(c2ccccc2)C2CCC2)CC1. The molecule has 2 aromatic rings. The Kier molecular flexibility index (Phi) is 4.88. The quantitative estimate of drug-likeness (QED) is 0.896. The Bertz CT molecular complexity index is 671. The van der Waals surface area contributed by atoms with Crippen LogP contribution in [0.15, 0.2) is 53.1 Å². The van der Waals surface area contributed by atoms with Crippen LogP contribution in [0.2, 0.25) is 0 Å². The maximum Gasteiger partial charge on any atom is 0.289 e. The molecule has 1 aromatic carbocycles. The molecule has 2 aliphatic rings. The van der Waals surface area contributed by atoms with Crippen molar-refractivity contribution in [3.63, 3.8) is 0 Å². The lowest BCUT2D eigenvalue weighted by Gasteiger charge is -2.39. The van der Waals surface area contributed by atoms with Crippen molar-refractivity contribution in [2.45, 2.75) is 44.2 Å². The largest absolute Gasteiger partial charge is 0.459 e. The van der Waals surface area contributed by atoms with Crippen LogP contribution in [-0.4, -0.2) is 29.9 Å². The number of hydrogen-bond donors (Lipinski definition) is 1. The third-order valence-electron chi connectivity index (χ3n) is 5.71. The van der Waals surface area contributed by atoms with Crippen molar-refractivity contribution in [1.82, 2.24) is 10.2 Å². The van der Waals surface area contributed by atoms with E-state index in [9.17, 15) is 4.79 Å². The molecule has 4 nitrogen and oxygen atoms in total. The number of benzene rings is 1. The number of likely N-dealkylation sites (tertiary alicyclic amines) is 1. The summed E-state index contributed by atoms with van der Waals surface area (Å²) in [6, 6.07) is 15.3. The van der Waals surface area contributed by atoms with Crippen LogP contribution < -0.4 is 5.32 Å². The zero-order valence-electron chi connectivity index (χ0n) is 14.6. The van der Waals surface area contributed by atoms with Gasteiger partial charge in [0.1, 0.15) is 0 Å². The summed E-state index contributed by atoms with van der Waals surface area (Å²) < 4.78 is 5.24. The van der Waals surface area contributed by atoms with Crippen LogP contribution in [0.4, 0.5) is 0 Å². The van der Waals surface area contributed by atoms with Crippen molar-refractivity contribution < 1.29 is 9.21 Å². The minimum absolute atomic E-state index is 0.0158. The van der Waals surface area contributed by atoms with E-state index in [2.05, 4.69) is 35.6 Å². The fourth-order valence-corrected chi connectivity index (χ4v) is 4.00. The molecule has 2 fully saturated rings. The fraction of sp³-hybridized carbons (Fsp3) is 0.476. The van der Waals surface area contributed by atoms with Crippen LogP contribution in [0.3, 0.4) is 0 Å². The molecule has 1 saturated carbocycles. The zero-order valence-corrected chi connectivity index (χ0v) is 14.6. The average Bonchev–Trinajstić information content (AvgIpc) is 3.15. The highest BCUT2D eigenvalue weighted by atomic mass is 16.3. The predicted molar refractivity (Wildman–Crippen MR) is 97.3 cm³/mol. The van der Waals surface area contributed by atoms with Gasteiger partial charge in [-0.3, -0.25) is 4.79 Å². The molecule has 0 radical (unpaired) electrons. The number of piperidine rings is 1. The van der Waals surface area contributed by atoms with Crippen molar-refractivity contribution >= 4 is 5.91 Å². The highest BCUT2D eigenvalue weighted by Crippen LogP contribution is 2.38. The van der Waals surface area contributed by atoms with Crippen LogP contribution in [0, 0.1) is 5.92 Å². The molecular weight excluding hydrogens is 312 g/mol. The number of amides is 1. The number of carbonyl (C=O) groups excluding carboxylic acids is 1. The first kappa shape index (κ1) is 16.4. The smallest absolute Gasteiger partial charge is 0.289 e. The third-order valence-corrected chi connectivity index (χ3v) is 5.71. The second kappa shape index (κ2) is 7.44. The van der Waals surface area contributed by atoms with Crippen LogP contribution in [0.5, 0.6) is 0 Å². The first-order valence-corrected chi connectivity index (χ1v) is 9.45. The summed E-state index contributed by atoms with van der Waals surface area (Å²) in [5, 5.41) is 3.91. The van der Waals surface area contributed by atoms with Crippen LogP contribution in [-0.2, 0) is 0 Å². The molecule has 25 heavy (non-hydrogen) atoms. The first-order chi connectivity index (χ1) is 12.3. The number of furan rings is 1. The van der Waals surface area contributed by atoms with E-state index in [1.54, 1.807) is 18.4 Å². The molecule has 1 unspecified atom stereocenters. The number of carbonyl (C=O) groups is 1. The standard InChI is InChI=1S/C21H26N2O2/c24-21(19-10-5-15-25-19)23-13-11-18(12-14-23)22-20(17-8-4-9-17)16-6-2-1-3-7-16/h1-3,5-7,10,15,17-18,20,22H,4,8-9,11-14H2. The molecule has 2 heterocycles. The Morgan fingerprint density at radius 3 is 2.40 bits per heavy atom. The molecule has 132 valence electrons. The van der Waals surface area contributed by atoms with Gasteiger partial charge < -0.3 is 14.6 Å². The molecule has 1 aromatic heterocycles. The first-order valence-electron chi connectivity index (χ1n) is 9.45. The molecule has 1 aliphatic heterocycles. The fourth-order valence-electron chi connectivity index (χ4n) is 4.00. The lowest BCUT2D eigenvalue weighted by atomic mass is 9.76. The Morgan fingerprint density at radius 2 is 1.80 bits per heavy atom. The van der Waals surface area contributed by atoms with Gasteiger partial charge in [0.15, 0.2) is 5.76 Å². The highest BCUT2D eigenvalue weighted by molar-refractivity contribution is 5.91. The predicted octanol–water partition coefficient (Wildman–Crippen LogP) is 4.02. The summed E-state index contributed by atoms with van der Waals surface area (Å²) in [6.45, 7) is 1.59. The zero-order chi connectivity index (χ0) is 17.1. The van der Waals surface area contributed by atoms with E-state index in [-0.39, 0.29) is 5.91 Å². The Labute approximate surface area is 149 Å². The summed E-state index contributed by atoms with van der Waals surface area (Å²) in [6.07, 6.45) is 7.56. The van der Waals surface area contributed by atoms with Gasteiger partial charge in [-0.25, -0.2) is 0 Å². The number of rotatable bonds is 5. The van der Waals surface area contributed by atoms with E-state index < -0.39 is 0 Å². The Morgan fingerprint density at radius 1 is 1.04 bits per heavy atom. The maximum atomic E-state index is 12.4. The van der Waals surface area contributed by atoms with Crippen molar-refractivity contribution in [2.75, 3.05) is 13.1 Å². The molecule has 1 N–H and O–H groups in total. The lowest BCUT2D eigenvalue weighted by molar-refractivity contribution is 0.0661. The topological polar surface area (TPSA) is 45.5 Å². The van der Waals surface area contributed by atoms with Gasteiger partial charge in [-0.15, -0.1) is 0 Å². The van der Waals surface area contributed by atoms with Gasteiger partial charge >= 0.3 is 0 Å². The Hall–Kier alpha value is -2.07. The molecular formula is C21H26N2O2. The summed E-state index contributed by atoms with van der Waals surface area (Å²) in [5.74, 6) is 1.22. The molecule has 0 spiro atoms. The van der Waals surface area contributed by atoms with Crippen molar-refractivity contribution in [1.29, 1.82) is 0 Å². The van der Waals surface area contributed by atoms with Crippen molar-refractivity contribution in [3.05, 3.63) is 60.1 Å². The molecule has 4 rings (SSSR count). The third kappa shape index (κ3) is 3.64. The monoisotopic (exact) mass is 338 g/mol. The van der Waals surface area contributed by atoms with Crippen LogP contribution in [0.25, 0.3) is 0 Å². The second-order valence-electron chi connectivity index (χ2n) is 7.29. The van der Waals surface area contributed by atoms with Gasteiger partial charge in [0.2, 0.25) is 0 Å². The molecule has 1 atom stereocenters. The molecule has 1 saturated heterocycles. The number of nitrogens with one attached hydrogen (secondary N) is 1. The average molecular weight is 338 g/mol. The van der Waals surface area contributed by atoms with Gasteiger partial charge in [0.25, 0.3) is 5.91 Å². The van der Waals surface area contributed by atoms with Gasteiger partial charge in [-0.05, 0) is 49.3 Å². The summed E-state index contributed by atoms with van der Waals surface area (Å²) >= 11 is 0. The van der Waals surface area contributed by atoms with E-state index in [0.29, 0.717) is 17.8 Å². The van der Waals surface area contributed by atoms with E-state index >= 15 is 0 Å². The minimum atomic E-state index is 0.0158. The van der Waals surface area contributed by atoms with Crippen LogP contribution in [0.1, 0.15) is 54.3 Å². The van der Waals surface area contributed by atoms with Gasteiger partial charge in [0, 0.05) is 25.2 Å². The molecule has 1 aliphatic carbocycles. The molecule has 4 heteroatoms. The number of hydrogen-bond acceptors (Lipinski definition) is 3. The van der Waals surface area contributed by atoms with Gasteiger partial charge in [-0.2, -0.15) is 0 Å². The molecule has 1 amide bonds. The maximum absolute atomic E-state index is 12.4. The normalized spacial score (nSPS) is 20.2. The van der Waals surface area contributed by atoms with E-state index in [0.717, 1.165) is 31.8 Å². The highest BCUT2D eigenvalue weighted by Gasteiger charge is 2.32. The Balaban J connectivity index is 1.36. The van der Waals surface area contributed by atoms with E-state index in [1.165, 1.54) is 24.8 Å². The van der Waals surface area contributed by atoms with E-state index in [1.807, 2.05) is 4.90 Å². The van der Waals surface area contributed by atoms with Gasteiger partial charge in [0.05, 0.1) is 6.26 Å². The molecule has 0 bridgehead atoms. The van der Waals surface area contributed by atoms with Crippen LogP contribution >= 0.6 is 0 Å².